The predicted octanol–water partition coefficient (Wildman–Crippen LogP) is 2.64. The molecular weight excluding hydrogens is 320 g/mol. The molecule has 1 aromatic carbocycles. The van der Waals surface area contributed by atoms with Crippen LogP contribution >= 0.6 is 0 Å². The van der Waals surface area contributed by atoms with Crippen molar-refractivity contribution in [3.05, 3.63) is 54.5 Å². The zero-order valence-corrected chi connectivity index (χ0v) is 13.9. The first kappa shape index (κ1) is 16.4. The minimum Gasteiger partial charge on any atom is -0.493 e. The van der Waals surface area contributed by atoms with Crippen LogP contribution in [0.1, 0.15) is 5.56 Å². The second kappa shape index (κ2) is 7.91. The molecule has 0 spiro atoms. The van der Waals surface area contributed by atoms with Gasteiger partial charge in [0.05, 0.1) is 20.4 Å². The molecule has 0 saturated carbocycles. The molecule has 2 N–H and O–H groups in total. The van der Waals surface area contributed by atoms with Crippen molar-refractivity contribution in [2.24, 2.45) is 0 Å². The molecule has 0 unspecified atom stereocenters. The van der Waals surface area contributed by atoms with Gasteiger partial charge in [-0.15, -0.1) is 5.10 Å². The van der Waals surface area contributed by atoms with Gasteiger partial charge in [0, 0.05) is 30.7 Å². The van der Waals surface area contributed by atoms with Crippen molar-refractivity contribution in [1.82, 2.24) is 20.2 Å². The number of aromatic nitrogens is 4. The normalized spacial score (nSPS) is 10.2. The summed E-state index contributed by atoms with van der Waals surface area (Å²) in [5.41, 5.74) is 1.83. The maximum absolute atomic E-state index is 5.29. The Balaban J connectivity index is 1.69. The van der Waals surface area contributed by atoms with Gasteiger partial charge >= 0.3 is 0 Å². The quantitative estimate of drug-likeness (QED) is 0.679. The van der Waals surface area contributed by atoms with Crippen molar-refractivity contribution >= 4 is 17.5 Å². The van der Waals surface area contributed by atoms with Gasteiger partial charge in [0.15, 0.2) is 17.3 Å². The van der Waals surface area contributed by atoms with E-state index in [-0.39, 0.29) is 0 Å². The van der Waals surface area contributed by atoms with Crippen LogP contribution in [0.4, 0.5) is 17.5 Å². The molecule has 2 aromatic heterocycles. The van der Waals surface area contributed by atoms with E-state index < -0.39 is 0 Å². The lowest BCUT2D eigenvalue weighted by Crippen LogP contribution is -2.06. The zero-order chi connectivity index (χ0) is 17.5. The molecule has 3 rings (SSSR count). The molecule has 0 saturated heterocycles. The van der Waals surface area contributed by atoms with Crippen LogP contribution in [-0.2, 0) is 6.54 Å². The Morgan fingerprint density at radius 3 is 2.68 bits per heavy atom. The van der Waals surface area contributed by atoms with Crippen LogP contribution in [0.15, 0.2) is 48.9 Å². The smallest absolute Gasteiger partial charge is 0.244 e. The van der Waals surface area contributed by atoms with Crippen molar-refractivity contribution in [3.63, 3.8) is 0 Å². The average molecular weight is 338 g/mol. The monoisotopic (exact) mass is 338 g/mol. The molecule has 0 aliphatic heterocycles. The molecular formula is C17H18N6O2. The summed E-state index contributed by atoms with van der Waals surface area (Å²) in [5.74, 6) is 2.28. The zero-order valence-electron chi connectivity index (χ0n) is 13.9. The van der Waals surface area contributed by atoms with Crippen molar-refractivity contribution in [2.45, 2.75) is 6.54 Å². The minimum absolute atomic E-state index is 0.425. The van der Waals surface area contributed by atoms with Crippen LogP contribution in [0, 0.1) is 0 Å². The number of benzene rings is 1. The SMILES string of the molecule is COc1ccc(Nc2cnnc(NCc3cccnc3)n2)cc1OC. The number of hydrogen-bond donors (Lipinski definition) is 2. The molecule has 3 aromatic rings. The number of nitrogens with one attached hydrogen (secondary N) is 2. The van der Waals surface area contributed by atoms with Crippen molar-refractivity contribution in [2.75, 3.05) is 24.9 Å². The highest BCUT2D eigenvalue weighted by Crippen LogP contribution is 2.30. The number of pyridine rings is 1. The summed E-state index contributed by atoms with van der Waals surface area (Å²) in [6, 6.07) is 9.36. The summed E-state index contributed by atoms with van der Waals surface area (Å²) in [7, 11) is 3.19. The fourth-order valence-electron chi connectivity index (χ4n) is 2.18. The van der Waals surface area contributed by atoms with E-state index in [2.05, 4.69) is 30.8 Å². The van der Waals surface area contributed by atoms with Gasteiger partial charge in [-0.2, -0.15) is 10.1 Å². The molecule has 8 heteroatoms. The molecule has 2 heterocycles. The van der Waals surface area contributed by atoms with E-state index in [1.165, 1.54) is 0 Å². The van der Waals surface area contributed by atoms with Crippen molar-refractivity contribution < 1.29 is 9.47 Å². The summed E-state index contributed by atoms with van der Waals surface area (Å²) in [6.07, 6.45) is 5.06. The number of hydrogen-bond acceptors (Lipinski definition) is 8. The van der Waals surface area contributed by atoms with Gasteiger partial charge in [-0.25, -0.2) is 0 Å². The molecule has 0 atom stereocenters. The lowest BCUT2D eigenvalue weighted by atomic mass is 10.2. The third kappa shape index (κ3) is 4.31. The minimum atomic E-state index is 0.425. The second-order valence-electron chi connectivity index (χ2n) is 5.07. The first-order valence-electron chi connectivity index (χ1n) is 7.60. The van der Waals surface area contributed by atoms with E-state index in [4.69, 9.17) is 9.47 Å². The molecule has 128 valence electrons. The highest BCUT2D eigenvalue weighted by Gasteiger charge is 2.06. The number of anilines is 3. The highest BCUT2D eigenvalue weighted by molar-refractivity contribution is 5.61. The molecule has 0 fully saturated rings. The summed E-state index contributed by atoms with van der Waals surface area (Å²) < 4.78 is 10.5. The van der Waals surface area contributed by atoms with Crippen LogP contribution in [-0.4, -0.2) is 34.4 Å². The van der Waals surface area contributed by atoms with Crippen molar-refractivity contribution in [3.8, 4) is 11.5 Å². The van der Waals surface area contributed by atoms with Gasteiger partial charge in [0.2, 0.25) is 5.95 Å². The summed E-state index contributed by atoms with van der Waals surface area (Å²) in [5, 5.41) is 14.2. The number of ether oxygens (including phenoxy) is 2. The fraction of sp³-hybridized carbons (Fsp3) is 0.176. The Morgan fingerprint density at radius 2 is 1.92 bits per heavy atom. The van der Waals surface area contributed by atoms with Crippen LogP contribution in [0.25, 0.3) is 0 Å². The van der Waals surface area contributed by atoms with Gasteiger partial charge in [0.1, 0.15) is 0 Å². The van der Waals surface area contributed by atoms with Gasteiger partial charge in [0.25, 0.3) is 0 Å². The summed E-state index contributed by atoms with van der Waals surface area (Å²) >= 11 is 0. The first-order valence-corrected chi connectivity index (χ1v) is 7.60. The van der Waals surface area contributed by atoms with E-state index in [1.807, 2.05) is 30.3 Å². The molecule has 0 aliphatic carbocycles. The van der Waals surface area contributed by atoms with E-state index in [0.29, 0.717) is 29.8 Å². The van der Waals surface area contributed by atoms with E-state index in [1.54, 1.807) is 32.8 Å². The van der Waals surface area contributed by atoms with E-state index in [9.17, 15) is 0 Å². The molecule has 8 nitrogen and oxygen atoms in total. The molecule has 0 aliphatic rings. The third-order valence-corrected chi connectivity index (χ3v) is 3.39. The topological polar surface area (TPSA) is 94.1 Å². The lowest BCUT2D eigenvalue weighted by molar-refractivity contribution is 0.355. The summed E-state index contributed by atoms with van der Waals surface area (Å²) in [4.78, 5) is 8.46. The van der Waals surface area contributed by atoms with Gasteiger partial charge in [-0.05, 0) is 23.8 Å². The van der Waals surface area contributed by atoms with Gasteiger partial charge in [-0.1, -0.05) is 6.07 Å². The van der Waals surface area contributed by atoms with E-state index >= 15 is 0 Å². The largest absolute Gasteiger partial charge is 0.493 e. The Labute approximate surface area is 145 Å². The number of rotatable bonds is 7. The third-order valence-electron chi connectivity index (χ3n) is 3.39. The number of nitrogens with zero attached hydrogens (tertiary/aromatic N) is 4. The fourth-order valence-corrected chi connectivity index (χ4v) is 2.18. The van der Waals surface area contributed by atoms with Gasteiger partial charge in [-0.3, -0.25) is 4.98 Å². The van der Waals surface area contributed by atoms with Crippen LogP contribution in [0.2, 0.25) is 0 Å². The van der Waals surface area contributed by atoms with E-state index in [0.717, 1.165) is 11.3 Å². The summed E-state index contributed by atoms with van der Waals surface area (Å²) in [6.45, 7) is 0.565. The Morgan fingerprint density at radius 1 is 1.04 bits per heavy atom. The maximum atomic E-state index is 5.29. The second-order valence-corrected chi connectivity index (χ2v) is 5.07. The molecule has 0 amide bonds. The average Bonchev–Trinajstić information content (AvgIpc) is 2.67. The standard InChI is InChI=1S/C17H18N6O2/c1-24-14-6-5-13(8-15(14)25-2)21-16-11-20-23-17(22-16)19-10-12-4-3-7-18-9-12/h3-9,11H,10H2,1-2H3,(H2,19,21,22,23). The maximum Gasteiger partial charge on any atom is 0.244 e. The Kier molecular flexibility index (Phi) is 5.20. The van der Waals surface area contributed by atoms with Crippen molar-refractivity contribution in [1.29, 1.82) is 0 Å². The number of methoxy groups -OCH3 is 2. The molecule has 25 heavy (non-hydrogen) atoms. The lowest BCUT2D eigenvalue weighted by Gasteiger charge is -2.11. The predicted molar refractivity (Wildman–Crippen MR) is 94.2 cm³/mol. The van der Waals surface area contributed by atoms with Crippen LogP contribution in [0.5, 0.6) is 11.5 Å². The first-order chi connectivity index (χ1) is 12.3. The Bertz CT molecular complexity index is 828. The van der Waals surface area contributed by atoms with Crippen LogP contribution < -0.4 is 20.1 Å². The Hall–Kier alpha value is -3.42. The molecule has 0 radical (unpaired) electrons. The molecule has 0 bridgehead atoms. The van der Waals surface area contributed by atoms with Crippen LogP contribution in [0.3, 0.4) is 0 Å². The highest BCUT2D eigenvalue weighted by atomic mass is 16.5. The van der Waals surface area contributed by atoms with Gasteiger partial charge < -0.3 is 20.1 Å².